The van der Waals surface area contributed by atoms with Crippen molar-refractivity contribution in [1.29, 1.82) is 0 Å². The van der Waals surface area contributed by atoms with Crippen molar-refractivity contribution >= 4 is 5.78 Å². The van der Waals surface area contributed by atoms with E-state index < -0.39 is 11.9 Å². The van der Waals surface area contributed by atoms with Crippen LogP contribution in [0.3, 0.4) is 0 Å². The standard InChI is InChI=1S/C15H17NO4/c1-20-15(19)8-7-12(9-14(15)18)16-10-13(17)11-5-3-2-4-6-11/h2-9,14,16,18-19H,10H2,1H3. The fourth-order valence-corrected chi connectivity index (χ4v) is 1.87. The smallest absolute Gasteiger partial charge is 0.216 e. The molecule has 0 saturated heterocycles. The molecule has 5 nitrogen and oxygen atoms in total. The topological polar surface area (TPSA) is 78.8 Å². The predicted molar refractivity (Wildman–Crippen MR) is 74.0 cm³/mol. The molecule has 0 saturated carbocycles. The van der Waals surface area contributed by atoms with Crippen LogP contribution in [-0.2, 0) is 4.74 Å². The van der Waals surface area contributed by atoms with Crippen LogP contribution in [0.15, 0.2) is 54.3 Å². The molecule has 1 aromatic carbocycles. The van der Waals surface area contributed by atoms with E-state index in [-0.39, 0.29) is 12.3 Å². The summed E-state index contributed by atoms with van der Waals surface area (Å²) in [5, 5.41) is 22.5. The summed E-state index contributed by atoms with van der Waals surface area (Å²) in [7, 11) is 1.30. The summed E-state index contributed by atoms with van der Waals surface area (Å²) in [5.41, 5.74) is 1.18. The van der Waals surface area contributed by atoms with Crippen molar-refractivity contribution in [3.63, 3.8) is 0 Å². The first kappa shape index (κ1) is 14.5. The van der Waals surface area contributed by atoms with Crippen molar-refractivity contribution in [2.75, 3.05) is 13.7 Å². The maximum absolute atomic E-state index is 11.9. The minimum Gasteiger partial charge on any atom is -0.383 e. The summed E-state index contributed by atoms with van der Waals surface area (Å²) < 4.78 is 4.81. The molecule has 0 radical (unpaired) electrons. The summed E-state index contributed by atoms with van der Waals surface area (Å²) in [6.45, 7) is 0.109. The molecule has 106 valence electrons. The molecule has 1 aromatic rings. The molecule has 2 atom stereocenters. The number of Topliss-reactive ketones (excluding diaryl/α,β-unsaturated/α-hetero) is 1. The van der Waals surface area contributed by atoms with Gasteiger partial charge in [0, 0.05) is 18.4 Å². The van der Waals surface area contributed by atoms with Gasteiger partial charge in [0.25, 0.3) is 0 Å². The lowest BCUT2D eigenvalue weighted by Gasteiger charge is -2.29. The molecule has 5 heteroatoms. The Hall–Kier alpha value is -1.95. The number of methoxy groups -OCH3 is 1. The Bertz CT molecular complexity index is 538. The van der Waals surface area contributed by atoms with Crippen LogP contribution in [0, 0.1) is 0 Å². The molecule has 0 aliphatic heterocycles. The third kappa shape index (κ3) is 3.14. The second-order valence-electron chi connectivity index (χ2n) is 4.50. The van der Waals surface area contributed by atoms with E-state index in [1.54, 1.807) is 30.3 Å². The maximum Gasteiger partial charge on any atom is 0.216 e. The van der Waals surface area contributed by atoms with Crippen LogP contribution in [0.25, 0.3) is 0 Å². The summed E-state index contributed by atoms with van der Waals surface area (Å²) in [6.07, 6.45) is 3.12. The van der Waals surface area contributed by atoms with Crippen molar-refractivity contribution in [1.82, 2.24) is 5.32 Å². The van der Waals surface area contributed by atoms with Gasteiger partial charge in [-0.05, 0) is 18.2 Å². The first-order valence-corrected chi connectivity index (χ1v) is 6.24. The minimum absolute atomic E-state index is 0.0537. The SMILES string of the molecule is COC1(O)C=CC(NCC(=O)c2ccccc2)=CC1O. The molecule has 0 fully saturated rings. The van der Waals surface area contributed by atoms with E-state index in [0.29, 0.717) is 11.3 Å². The average Bonchev–Trinajstić information content (AvgIpc) is 2.49. The average molecular weight is 275 g/mol. The van der Waals surface area contributed by atoms with Crippen molar-refractivity contribution < 1.29 is 19.7 Å². The van der Waals surface area contributed by atoms with Gasteiger partial charge in [0.2, 0.25) is 5.79 Å². The first-order chi connectivity index (χ1) is 9.55. The summed E-state index contributed by atoms with van der Waals surface area (Å²) in [6, 6.07) is 8.94. The Labute approximate surface area is 117 Å². The number of aliphatic hydroxyl groups is 2. The first-order valence-electron chi connectivity index (χ1n) is 6.24. The van der Waals surface area contributed by atoms with E-state index in [1.807, 2.05) is 6.07 Å². The van der Waals surface area contributed by atoms with Crippen LogP contribution in [0.5, 0.6) is 0 Å². The third-order valence-corrected chi connectivity index (χ3v) is 3.14. The molecule has 20 heavy (non-hydrogen) atoms. The van der Waals surface area contributed by atoms with Crippen molar-refractivity contribution in [3.8, 4) is 0 Å². The van der Waals surface area contributed by atoms with E-state index >= 15 is 0 Å². The molecular formula is C15H17NO4. The number of nitrogens with one attached hydrogen (secondary N) is 1. The zero-order chi connectivity index (χ0) is 14.6. The number of carbonyl (C=O) groups excluding carboxylic acids is 1. The highest BCUT2D eigenvalue weighted by molar-refractivity contribution is 5.97. The molecule has 0 spiro atoms. The molecule has 2 unspecified atom stereocenters. The highest BCUT2D eigenvalue weighted by atomic mass is 16.6. The van der Waals surface area contributed by atoms with Gasteiger partial charge in [-0.15, -0.1) is 0 Å². The second-order valence-corrected chi connectivity index (χ2v) is 4.50. The summed E-state index contributed by atoms with van der Waals surface area (Å²) in [5.74, 6) is -1.77. The largest absolute Gasteiger partial charge is 0.383 e. The summed E-state index contributed by atoms with van der Waals surface area (Å²) >= 11 is 0. The van der Waals surface area contributed by atoms with Gasteiger partial charge in [-0.2, -0.15) is 0 Å². The number of hydrogen-bond acceptors (Lipinski definition) is 5. The molecule has 0 bridgehead atoms. The Morgan fingerprint density at radius 3 is 2.70 bits per heavy atom. The van der Waals surface area contributed by atoms with Gasteiger partial charge in [0.15, 0.2) is 5.78 Å². The van der Waals surface area contributed by atoms with Crippen LogP contribution >= 0.6 is 0 Å². The lowest BCUT2D eigenvalue weighted by Crippen LogP contribution is -2.43. The molecular weight excluding hydrogens is 258 g/mol. The van der Waals surface area contributed by atoms with Crippen molar-refractivity contribution in [3.05, 3.63) is 59.8 Å². The van der Waals surface area contributed by atoms with E-state index in [1.165, 1.54) is 19.3 Å². The Morgan fingerprint density at radius 2 is 2.10 bits per heavy atom. The lowest BCUT2D eigenvalue weighted by atomic mass is 10.0. The van der Waals surface area contributed by atoms with Gasteiger partial charge in [-0.1, -0.05) is 30.3 Å². The third-order valence-electron chi connectivity index (χ3n) is 3.14. The number of benzene rings is 1. The number of hydrogen-bond donors (Lipinski definition) is 3. The van der Waals surface area contributed by atoms with Gasteiger partial charge in [0.05, 0.1) is 6.54 Å². The van der Waals surface area contributed by atoms with Crippen LogP contribution in [0.2, 0.25) is 0 Å². The molecule has 0 amide bonds. The number of ether oxygens (including phenoxy) is 1. The zero-order valence-corrected chi connectivity index (χ0v) is 11.1. The number of ketones is 1. The van der Waals surface area contributed by atoms with E-state index in [9.17, 15) is 15.0 Å². The number of allylic oxidation sites excluding steroid dienone is 1. The Balaban J connectivity index is 1.95. The monoisotopic (exact) mass is 275 g/mol. The summed E-state index contributed by atoms with van der Waals surface area (Å²) in [4.78, 5) is 11.9. The molecule has 0 aromatic heterocycles. The molecule has 2 rings (SSSR count). The van der Waals surface area contributed by atoms with Crippen LogP contribution in [-0.4, -0.2) is 41.5 Å². The van der Waals surface area contributed by atoms with Gasteiger partial charge in [-0.25, -0.2) is 0 Å². The fraction of sp³-hybridized carbons (Fsp3) is 0.267. The van der Waals surface area contributed by atoms with Crippen LogP contribution in [0.4, 0.5) is 0 Å². The molecule has 1 aliphatic rings. The van der Waals surface area contributed by atoms with Gasteiger partial charge in [0.1, 0.15) is 6.10 Å². The van der Waals surface area contributed by atoms with Gasteiger partial charge < -0.3 is 20.3 Å². The van der Waals surface area contributed by atoms with Crippen molar-refractivity contribution in [2.24, 2.45) is 0 Å². The number of carbonyl (C=O) groups is 1. The fourth-order valence-electron chi connectivity index (χ4n) is 1.87. The Kier molecular flexibility index (Phi) is 4.34. The lowest BCUT2D eigenvalue weighted by molar-refractivity contribution is -0.195. The van der Waals surface area contributed by atoms with E-state index in [0.717, 1.165) is 0 Å². The highest BCUT2D eigenvalue weighted by Gasteiger charge is 2.34. The van der Waals surface area contributed by atoms with E-state index in [2.05, 4.69) is 5.32 Å². The minimum atomic E-state index is -1.71. The van der Waals surface area contributed by atoms with Gasteiger partial charge in [-0.3, -0.25) is 4.79 Å². The normalized spacial score (nSPS) is 25.1. The van der Waals surface area contributed by atoms with Crippen LogP contribution in [0.1, 0.15) is 10.4 Å². The second kappa shape index (κ2) is 6.00. The predicted octanol–water partition coefficient (Wildman–Crippen LogP) is 0.608. The quantitative estimate of drug-likeness (QED) is 0.542. The molecule has 0 heterocycles. The molecule has 3 N–H and O–H groups in total. The Morgan fingerprint density at radius 1 is 1.40 bits per heavy atom. The maximum atomic E-state index is 11.9. The van der Waals surface area contributed by atoms with Gasteiger partial charge >= 0.3 is 0 Å². The zero-order valence-electron chi connectivity index (χ0n) is 11.1. The number of aliphatic hydroxyl groups excluding tert-OH is 1. The van der Waals surface area contributed by atoms with Crippen LogP contribution < -0.4 is 5.32 Å². The van der Waals surface area contributed by atoms with Crippen molar-refractivity contribution in [2.45, 2.75) is 11.9 Å². The van der Waals surface area contributed by atoms with E-state index in [4.69, 9.17) is 4.74 Å². The molecule has 1 aliphatic carbocycles. The number of rotatable bonds is 5. The highest BCUT2D eigenvalue weighted by Crippen LogP contribution is 2.21.